The molecule has 4 N–H and O–H groups in total. The average Bonchev–Trinajstić information content (AvgIpc) is 2.45. The van der Waals surface area contributed by atoms with E-state index in [1.54, 1.807) is 6.20 Å². The first-order valence-corrected chi connectivity index (χ1v) is 7.99. The average molecular weight is 439 g/mol. The van der Waals surface area contributed by atoms with Gasteiger partial charge in [0.15, 0.2) is 10.9 Å². The van der Waals surface area contributed by atoms with Gasteiger partial charge in [-0.25, -0.2) is 14.2 Å². The van der Waals surface area contributed by atoms with Crippen molar-refractivity contribution in [2.75, 3.05) is 18.5 Å². The second kappa shape index (κ2) is 7.72. The zero-order chi connectivity index (χ0) is 16.1. The minimum absolute atomic E-state index is 0.0991. The number of halogens is 2. The third-order valence-electron chi connectivity index (χ3n) is 3.06. The summed E-state index contributed by atoms with van der Waals surface area (Å²) in [5.74, 6) is 0.617. The molecule has 0 saturated carbocycles. The van der Waals surface area contributed by atoms with Crippen molar-refractivity contribution in [3.63, 3.8) is 0 Å². The van der Waals surface area contributed by atoms with Crippen LogP contribution in [0.4, 0.5) is 15.0 Å². The minimum atomic E-state index is -1.20. The molecule has 10 heteroatoms. The molecule has 1 aliphatic rings. The van der Waals surface area contributed by atoms with Crippen LogP contribution in [-0.4, -0.2) is 51.5 Å². The van der Waals surface area contributed by atoms with Crippen LogP contribution in [0.1, 0.15) is 6.42 Å². The molecule has 1 aromatic rings. The molecular weight excluding hydrogens is 424 g/mol. The van der Waals surface area contributed by atoms with Gasteiger partial charge in [-0.05, 0) is 46.9 Å². The first-order valence-electron chi connectivity index (χ1n) is 6.50. The number of thiocarbonyl (C=S) groups is 1. The van der Waals surface area contributed by atoms with Crippen LogP contribution in [0.3, 0.4) is 0 Å². The molecule has 2 heterocycles. The van der Waals surface area contributed by atoms with Crippen molar-refractivity contribution in [3.05, 3.63) is 21.9 Å². The standard InChI is InChI=1S/C12H15FIN5O2S/c13-7-4-8(6-19(5-7)12(20)21)16-11(22)18-17-10-9(14)2-1-3-15-10/h1-3,7-8H,4-6H2,(H,15,17)(H,20,21)(H2,16,18,22). The molecule has 1 fully saturated rings. The van der Waals surface area contributed by atoms with Gasteiger partial charge >= 0.3 is 6.09 Å². The quantitative estimate of drug-likeness (QED) is 0.323. The number of aromatic nitrogens is 1. The number of pyridine rings is 1. The van der Waals surface area contributed by atoms with Crippen molar-refractivity contribution in [3.8, 4) is 0 Å². The highest BCUT2D eigenvalue weighted by molar-refractivity contribution is 14.1. The van der Waals surface area contributed by atoms with E-state index in [0.717, 1.165) is 8.47 Å². The fourth-order valence-electron chi connectivity index (χ4n) is 2.11. The lowest BCUT2D eigenvalue weighted by Crippen LogP contribution is -2.55. The summed E-state index contributed by atoms with van der Waals surface area (Å²) in [5, 5.41) is 12.1. The van der Waals surface area contributed by atoms with Gasteiger partial charge in [0.05, 0.1) is 10.1 Å². The van der Waals surface area contributed by atoms with Crippen LogP contribution in [0.25, 0.3) is 0 Å². The van der Waals surface area contributed by atoms with Gasteiger partial charge in [0.25, 0.3) is 0 Å². The minimum Gasteiger partial charge on any atom is -0.465 e. The number of piperidine rings is 1. The van der Waals surface area contributed by atoms with Crippen molar-refractivity contribution in [2.24, 2.45) is 0 Å². The zero-order valence-electron chi connectivity index (χ0n) is 11.4. The highest BCUT2D eigenvalue weighted by Crippen LogP contribution is 2.14. The van der Waals surface area contributed by atoms with E-state index >= 15 is 0 Å². The molecule has 0 bridgehead atoms. The van der Waals surface area contributed by atoms with Crippen molar-refractivity contribution in [1.29, 1.82) is 0 Å². The number of hydrogen-bond acceptors (Lipinski definition) is 4. The topological polar surface area (TPSA) is 89.5 Å². The lowest BCUT2D eigenvalue weighted by atomic mass is 10.1. The summed E-state index contributed by atoms with van der Waals surface area (Å²) in [6.07, 6.45) is -0.474. The molecule has 1 aliphatic heterocycles. The van der Waals surface area contributed by atoms with E-state index in [2.05, 4.69) is 43.7 Å². The first-order chi connectivity index (χ1) is 10.5. The highest BCUT2D eigenvalue weighted by atomic mass is 127. The summed E-state index contributed by atoms with van der Waals surface area (Å²) in [6.45, 7) is 0.0940. The smallest absolute Gasteiger partial charge is 0.407 e. The Labute approximate surface area is 145 Å². The molecular formula is C12H15FIN5O2S. The summed E-state index contributed by atoms with van der Waals surface area (Å²) in [7, 11) is 0. The zero-order valence-corrected chi connectivity index (χ0v) is 14.4. The van der Waals surface area contributed by atoms with E-state index < -0.39 is 12.3 Å². The lowest BCUT2D eigenvalue weighted by Gasteiger charge is -2.33. The fourth-order valence-corrected chi connectivity index (χ4v) is 2.81. The number of amides is 1. The number of anilines is 1. The third-order valence-corrected chi connectivity index (χ3v) is 4.15. The number of nitrogens with zero attached hydrogens (tertiary/aromatic N) is 2. The Bertz CT molecular complexity index is 564. The van der Waals surface area contributed by atoms with Crippen molar-refractivity contribution < 1.29 is 14.3 Å². The predicted octanol–water partition coefficient (Wildman–Crippen LogP) is 1.57. The fraction of sp³-hybridized carbons (Fsp3) is 0.417. The monoisotopic (exact) mass is 439 g/mol. The molecule has 7 nitrogen and oxygen atoms in total. The third kappa shape index (κ3) is 4.80. The number of hydrogen-bond donors (Lipinski definition) is 4. The molecule has 2 unspecified atom stereocenters. The molecule has 0 aliphatic carbocycles. The maximum atomic E-state index is 13.6. The van der Waals surface area contributed by atoms with Gasteiger partial charge in [-0.1, -0.05) is 0 Å². The van der Waals surface area contributed by atoms with Gasteiger partial charge in [-0.3, -0.25) is 10.9 Å². The van der Waals surface area contributed by atoms with Crippen LogP contribution in [0.2, 0.25) is 0 Å². The largest absolute Gasteiger partial charge is 0.465 e. The first kappa shape index (κ1) is 16.9. The van der Waals surface area contributed by atoms with Gasteiger partial charge in [-0.15, -0.1) is 0 Å². The Balaban J connectivity index is 1.84. The van der Waals surface area contributed by atoms with Crippen LogP contribution in [0, 0.1) is 3.57 Å². The molecule has 1 aromatic heterocycles. The van der Waals surface area contributed by atoms with Crippen molar-refractivity contribution in [2.45, 2.75) is 18.6 Å². The van der Waals surface area contributed by atoms with E-state index in [1.807, 2.05) is 12.1 Å². The van der Waals surface area contributed by atoms with E-state index in [4.69, 9.17) is 17.3 Å². The molecule has 0 radical (unpaired) electrons. The van der Waals surface area contributed by atoms with Crippen molar-refractivity contribution in [1.82, 2.24) is 20.6 Å². The number of hydrazine groups is 1. The van der Waals surface area contributed by atoms with Gasteiger partial charge < -0.3 is 15.3 Å². The maximum Gasteiger partial charge on any atom is 0.407 e. The number of rotatable bonds is 3. The molecule has 1 amide bonds. The Hall–Kier alpha value is -1.43. The SMILES string of the molecule is O=C(O)N1CC(F)CC(NC(=S)NNc2ncccc2I)C1. The molecule has 0 spiro atoms. The van der Waals surface area contributed by atoms with Crippen LogP contribution in [-0.2, 0) is 0 Å². The van der Waals surface area contributed by atoms with Gasteiger partial charge in [0.2, 0.25) is 0 Å². The number of nitrogens with one attached hydrogen (secondary N) is 3. The Morgan fingerprint density at radius 3 is 3.00 bits per heavy atom. The molecule has 22 heavy (non-hydrogen) atoms. The second-order valence-corrected chi connectivity index (χ2v) is 6.35. The summed E-state index contributed by atoms with van der Waals surface area (Å²) in [5.41, 5.74) is 5.61. The van der Waals surface area contributed by atoms with Gasteiger partial charge in [0.1, 0.15) is 6.17 Å². The molecule has 2 rings (SSSR count). The summed E-state index contributed by atoms with van der Waals surface area (Å²) >= 11 is 7.24. The number of likely N-dealkylation sites (tertiary alicyclic amines) is 1. The summed E-state index contributed by atoms with van der Waals surface area (Å²) < 4.78 is 14.5. The Morgan fingerprint density at radius 2 is 2.32 bits per heavy atom. The van der Waals surface area contributed by atoms with Gasteiger partial charge in [-0.2, -0.15) is 0 Å². The molecule has 1 saturated heterocycles. The van der Waals surface area contributed by atoms with E-state index in [1.165, 1.54) is 0 Å². The van der Waals surface area contributed by atoms with Crippen LogP contribution in [0.15, 0.2) is 18.3 Å². The molecule has 2 atom stereocenters. The van der Waals surface area contributed by atoms with E-state index in [9.17, 15) is 9.18 Å². The molecule has 0 aromatic carbocycles. The number of carboxylic acid groups (broad SMARTS) is 1. The summed E-state index contributed by atoms with van der Waals surface area (Å²) in [4.78, 5) is 16.1. The van der Waals surface area contributed by atoms with E-state index in [0.29, 0.717) is 5.82 Å². The molecule has 120 valence electrons. The van der Waals surface area contributed by atoms with Crippen molar-refractivity contribution >= 4 is 51.8 Å². The predicted molar refractivity (Wildman–Crippen MR) is 92.3 cm³/mol. The van der Waals surface area contributed by atoms with Crippen LogP contribution >= 0.6 is 34.8 Å². The van der Waals surface area contributed by atoms with Gasteiger partial charge in [0, 0.05) is 25.2 Å². The lowest BCUT2D eigenvalue weighted by molar-refractivity contribution is 0.0958. The number of alkyl halides is 1. The number of carbonyl (C=O) groups is 1. The maximum absolute atomic E-state index is 13.6. The normalized spacial score (nSPS) is 21.1. The Morgan fingerprint density at radius 1 is 1.55 bits per heavy atom. The summed E-state index contributed by atoms with van der Waals surface area (Å²) in [6, 6.07) is 3.32. The Kier molecular flexibility index (Phi) is 5.94. The van der Waals surface area contributed by atoms with Crippen LogP contribution in [0.5, 0.6) is 0 Å². The van der Waals surface area contributed by atoms with Crippen LogP contribution < -0.4 is 16.2 Å². The second-order valence-electron chi connectivity index (χ2n) is 4.77. The highest BCUT2D eigenvalue weighted by Gasteiger charge is 2.30. The van der Waals surface area contributed by atoms with E-state index in [-0.39, 0.29) is 30.7 Å².